The number of ether oxygens (including phenoxy) is 3. The molecule has 2 aromatic carbocycles. The molecule has 8 nitrogen and oxygen atoms in total. The summed E-state index contributed by atoms with van der Waals surface area (Å²) < 4.78 is 19.0. The molecule has 0 radical (unpaired) electrons. The summed E-state index contributed by atoms with van der Waals surface area (Å²) in [5, 5.41) is 10.1. The van der Waals surface area contributed by atoms with E-state index in [2.05, 4.69) is 75.6 Å². The van der Waals surface area contributed by atoms with Crippen molar-refractivity contribution in [1.29, 1.82) is 0 Å². The van der Waals surface area contributed by atoms with E-state index in [1.165, 1.54) is 5.56 Å². The third kappa shape index (κ3) is 6.01. The van der Waals surface area contributed by atoms with Crippen LogP contribution in [-0.2, 0) is 29.4 Å². The molecule has 258 valence electrons. The summed E-state index contributed by atoms with van der Waals surface area (Å²) in [6.07, 6.45) is 4.19. The van der Waals surface area contributed by atoms with E-state index in [-0.39, 0.29) is 41.9 Å². The molecule has 1 saturated carbocycles. The second-order valence-electron chi connectivity index (χ2n) is 16.0. The van der Waals surface area contributed by atoms with E-state index in [0.717, 1.165) is 56.2 Å². The van der Waals surface area contributed by atoms with Crippen molar-refractivity contribution in [3.05, 3.63) is 70.8 Å². The lowest BCUT2D eigenvalue weighted by Crippen LogP contribution is -2.70. The van der Waals surface area contributed by atoms with Crippen molar-refractivity contribution < 1.29 is 33.9 Å². The van der Waals surface area contributed by atoms with Crippen LogP contribution < -0.4 is 0 Å². The lowest BCUT2D eigenvalue weighted by atomic mass is 9.58. The molecule has 0 aromatic heterocycles. The number of nitrogens with zero attached hydrogens (tertiary/aromatic N) is 1. The molecule has 0 amide bonds. The van der Waals surface area contributed by atoms with Crippen molar-refractivity contribution in [1.82, 2.24) is 4.90 Å². The normalized spacial score (nSPS) is 36.8. The number of rotatable bonds is 5. The topological polar surface area (TPSA) is 86.7 Å². The number of carbonyl (C=O) groups is 1. The molecule has 1 aliphatic carbocycles. The molecule has 1 N–H and O–H groups in total. The predicted octanol–water partition coefficient (Wildman–Crippen LogP) is 6.90. The van der Waals surface area contributed by atoms with Crippen LogP contribution in [0.4, 0.5) is 0 Å². The molecule has 6 fully saturated rings. The number of hydrogen-bond acceptors (Lipinski definition) is 8. The summed E-state index contributed by atoms with van der Waals surface area (Å²) in [5.74, 6) is 6.24. The molecule has 1 spiro atoms. The fraction of sp³-hybridized carbons (Fsp3) is 0.625. The summed E-state index contributed by atoms with van der Waals surface area (Å²) in [6, 6.07) is 15.8. The van der Waals surface area contributed by atoms with Crippen LogP contribution in [0.1, 0.15) is 113 Å². The van der Waals surface area contributed by atoms with Gasteiger partial charge in [-0.1, -0.05) is 70.7 Å². The SMILES string of the molecule is C[C@H]1[C@H](OC(=O)c2ccc([C@@H](C#Cc3ccc(C(C)(C)C)cc3)N3CCC[C@H]3CO)cc2)O[C@@H]2O[C@@]3(C)CC[C@H]4[C@H](C)CC[C@@H]1[C@@]24OO3. The Morgan fingerprint density at radius 1 is 1.02 bits per heavy atom. The van der Waals surface area contributed by atoms with Gasteiger partial charge in [-0.15, -0.1) is 0 Å². The molecular weight excluding hydrogens is 606 g/mol. The third-order valence-electron chi connectivity index (χ3n) is 11.9. The summed E-state index contributed by atoms with van der Waals surface area (Å²) in [6.45, 7) is 13.8. The molecule has 8 rings (SSSR count). The molecule has 5 saturated heterocycles. The maximum absolute atomic E-state index is 13.6. The van der Waals surface area contributed by atoms with Gasteiger partial charge in [-0.2, -0.15) is 0 Å². The predicted molar refractivity (Wildman–Crippen MR) is 180 cm³/mol. The van der Waals surface area contributed by atoms with Gasteiger partial charge >= 0.3 is 5.97 Å². The average Bonchev–Trinajstić information content (AvgIpc) is 3.42. The number of aliphatic hydroxyl groups excluding tert-OH is 1. The van der Waals surface area contributed by atoms with Gasteiger partial charge in [-0.05, 0) is 91.7 Å². The summed E-state index contributed by atoms with van der Waals surface area (Å²) >= 11 is 0. The highest BCUT2D eigenvalue weighted by Gasteiger charge is 2.69. The first-order valence-electron chi connectivity index (χ1n) is 17.9. The molecule has 0 unspecified atom stereocenters. The van der Waals surface area contributed by atoms with Gasteiger partial charge < -0.3 is 19.3 Å². The zero-order chi connectivity index (χ0) is 33.8. The fourth-order valence-corrected chi connectivity index (χ4v) is 8.94. The maximum atomic E-state index is 13.6. The number of carbonyl (C=O) groups excluding carboxylic acids is 1. The zero-order valence-corrected chi connectivity index (χ0v) is 29.2. The van der Waals surface area contributed by atoms with Gasteiger partial charge in [0.2, 0.25) is 12.1 Å². The van der Waals surface area contributed by atoms with Crippen molar-refractivity contribution in [3.8, 4) is 11.8 Å². The fourth-order valence-electron chi connectivity index (χ4n) is 8.94. The van der Waals surface area contributed by atoms with E-state index >= 15 is 0 Å². The average molecular weight is 658 g/mol. The van der Waals surface area contributed by atoms with E-state index in [1.54, 1.807) is 0 Å². The number of likely N-dealkylation sites (tertiary alicyclic amines) is 1. The van der Waals surface area contributed by atoms with Crippen LogP contribution >= 0.6 is 0 Å². The Morgan fingerprint density at radius 2 is 1.77 bits per heavy atom. The summed E-state index contributed by atoms with van der Waals surface area (Å²) in [4.78, 5) is 28.0. The third-order valence-corrected chi connectivity index (χ3v) is 11.9. The van der Waals surface area contributed by atoms with Crippen LogP contribution in [0.3, 0.4) is 0 Å². The molecular formula is C40H51NO7. The Balaban J connectivity index is 1.10. The minimum Gasteiger partial charge on any atom is -0.432 e. The first-order valence-corrected chi connectivity index (χ1v) is 17.9. The minimum atomic E-state index is -0.887. The van der Waals surface area contributed by atoms with Crippen molar-refractivity contribution >= 4 is 5.97 Å². The molecule has 10 atom stereocenters. The molecule has 8 heteroatoms. The van der Waals surface area contributed by atoms with Gasteiger partial charge in [-0.3, -0.25) is 4.90 Å². The number of fused-ring (bicyclic) bond motifs is 2. The van der Waals surface area contributed by atoms with Gasteiger partial charge in [0.25, 0.3) is 0 Å². The van der Waals surface area contributed by atoms with E-state index in [0.29, 0.717) is 11.5 Å². The van der Waals surface area contributed by atoms with Crippen LogP contribution in [0.2, 0.25) is 0 Å². The molecule has 48 heavy (non-hydrogen) atoms. The van der Waals surface area contributed by atoms with Gasteiger partial charge in [0.1, 0.15) is 0 Å². The second-order valence-corrected chi connectivity index (χ2v) is 16.0. The molecule has 5 aliphatic heterocycles. The molecule has 2 bridgehead atoms. The van der Waals surface area contributed by atoms with Gasteiger partial charge in [0.05, 0.1) is 18.2 Å². The number of aliphatic hydroxyl groups is 1. The highest BCUT2D eigenvalue weighted by molar-refractivity contribution is 5.89. The lowest BCUT2D eigenvalue weighted by molar-refractivity contribution is -0.576. The number of hydrogen-bond donors (Lipinski definition) is 1. The Morgan fingerprint density at radius 3 is 2.48 bits per heavy atom. The van der Waals surface area contributed by atoms with Crippen LogP contribution in [0, 0.1) is 35.5 Å². The van der Waals surface area contributed by atoms with E-state index in [4.69, 9.17) is 24.0 Å². The summed E-state index contributed by atoms with van der Waals surface area (Å²) in [5.41, 5.74) is 3.02. The van der Waals surface area contributed by atoms with Crippen LogP contribution in [0.25, 0.3) is 0 Å². The Hall–Kier alpha value is -2.77. The van der Waals surface area contributed by atoms with Crippen LogP contribution in [0.5, 0.6) is 0 Å². The van der Waals surface area contributed by atoms with Crippen molar-refractivity contribution in [2.45, 2.75) is 122 Å². The van der Waals surface area contributed by atoms with E-state index < -0.39 is 29.9 Å². The zero-order valence-electron chi connectivity index (χ0n) is 29.2. The minimum absolute atomic E-state index is 0.0472. The highest BCUT2D eigenvalue weighted by atomic mass is 17.3. The van der Waals surface area contributed by atoms with Crippen molar-refractivity contribution in [2.75, 3.05) is 13.2 Å². The monoisotopic (exact) mass is 657 g/mol. The van der Waals surface area contributed by atoms with Gasteiger partial charge in [-0.25, -0.2) is 14.6 Å². The summed E-state index contributed by atoms with van der Waals surface area (Å²) in [7, 11) is 0. The van der Waals surface area contributed by atoms with Crippen LogP contribution in [0.15, 0.2) is 48.5 Å². The Labute approximate surface area is 285 Å². The first kappa shape index (κ1) is 33.7. The first-order chi connectivity index (χ1) is 22.9. The van der Waals surface area contributed by atoms with Gasteiger partial charge in [0, 0.05) is 36.4 Å². The van der Waals surface area contributed by atoms with Crippen molar-refractivity contribution in [3.63, 3.8) is 0 Å². The molecule has 5 heterocycles. The van der Waals surface area contributed by atoms with E-state index in [1.807, 2.05) is 31.2 Å². The molecule has 6 aliphatic rings. The Bertz CT molecular complexity index is 1540. The highest BCUT2D eigenvalue weighted by Crippen LogP contribution is 2.60. The largest absolute Gasteiger partial charge is 0.432 e. The Kier molecular flexibility index (Phi) is 9.02. The number of benzene rings is 2. The quantitative estimate of drug-likeness (QED) is 0.211. The van der Waals surface area contributed by atoms with Crippen molar-refractivity contribution in [2.24, 2.45) is 23.7 Å². The smallest absolute Gasteiger partial charge is 0.340 e. The second kappa shape index (κ2) is 12.8. The lowest BCUT2D eigenvalue weighted by Gasteiger charge is -2.59. The number of esters is 1. The van der Waals surface area contributed by atoms with Gasteiger partial charge in [0.15, 0.2) is 11.9 Å². The standard InChI is InChI=1S/C40H51NO7/c1-25-9-19-33-26(2)36(45-37-40(33)32(25)21-22-39(6,46-37)47-48-40)44-35(43)29-15-13-28(14-16-29)34(41-23-7-8-31(41)24-42)20-12-27-10-17-30(18-11-27)38(3,4)5/h10-11,13-18,25-26,31-34,36-37,42H,7-9,19,21-24H2,1-6H3/t25-,26-,31+,32+,33+,34-,36-,37-,39-,40-/m1/s1. The van der Waals surface area contributed by atoms with Crippen LogP contribution in [-0.4, -0.2) is 59.1 Å². The maximum Gasteiger partial charge on any atom is 0.340 e. The van der Waals surface area contributed by atoms with E-state index in [9.17, 15) is 9.90 Å². The molecule has 2 aromatic rings.